The van der Waals surface area contributed by atoms with Gasteiger partial charge in [0.25, 0.3) is 0 Å². The first-order chi connectivity index (χ1) is 10.0. The van der Waals surface area contributed by atoms with Crippen molar-refractivity contribution in [1.29, 1.82) is 0 Å². The number of fused-ring (bicyclic) bond motifs is 1. The third-order valence-electron chi connectivity index (χ3n) is 4.15. The molecule has 2 aromatic rings. The number of hydrogen-bond donors (Lipinski definition) is 0. The predicted molar refractivity (Wildman–Crippen MR) is 84.1 cm³/mol. The van der Waals surface area contributed by atoms with Crippen molar-refractivity contribution in [1.82, 2.24) is 0 Å². The highest BCUT2D eigenvalue weighted by Crippen LogP contribution is 2.39. The van der Waals surface area contributed by atoms with Crippen LogP contribution in [-0.2, 0) is 6.42 Å². The van der Waals surface area contributed by atoms with Gasteiger partial charge in [-0.15, -0.1) is 0 Å². The summed E-state index contributed by atoms with van der Waals surface area (Å²) >= 11 is 5.90. The summed E-state index contributed by atoms with van der Waals surface area (Å²) in [7, 11) is 0. The van der Waals surface area contributed by atoms with Crippen LogP contribution in [0.3, 0.4) is 0 Å². The fourth-order valence-corrected chi connectivity index (χ4v) is 2.99. The molecule has 0 saturated carbocycles. The van der Waals surface area contributed by atoms with Crippen LogP contribution in [-0.4, -0.2) is 11.4 Å². The van der Waals surface area contributed by atoms with Crippen LogP contribution in [0.15, 0.2) is 48.5 Å². The molecule has 0 bridgehead atoms. The van der Waals surface area contributed by atoms with E-state index in [0.717, 1.165) is 11.1 Å². The number of carbonyl (C=O) groups excluding carboxylic acids is 1. The normalized spacial score (nSPS) is 20.7. The highest BCUT2D eigenvalue weighted by atomic mass is 35.5. The molecule has 3 heteroatoms. The lowest BCUT2D eigenvalue weighted by Crippen LogP contribution is -2.47. The van der Waals surface area contributed by atoms with E-state index in [0.29, 0.717) is 17.2 Å². The number of ether oxygens (including phenoxy) is 1. The minimum Gasteiger partial charge on any atom is -0.478 e. The van der Waals surface area contributed by atoms with Crippen LogP contribution in [0.5, 0.6) is 5.75 Å². The molecule has 108 valence electrons. The molecule has 0 aromatic heterocycles. The number of ketones is 1. The van der Waals surface area contributed by atoms with Gasteiger partial charge >= 0.3 is 0 Å². The number of hydrogen-bond acceptors (Lipinski definition) is 2. The quantitative estimate of drug-likeness (QED) is 0.831. The van der Waals surface area contributed by atoms with E-state index in [4.69, 9.17) is 16.3 Å². The second kappa shape index (κ2) is 5.19. The molecule has 3 rings (SSSR count). The molecular weight excluding hydrogens is 284 g/mol. The summed E-state index contributed by atoms with van der Waals surface area (Å²) in [6, 6.07) is 14.9. The Morgan fingerprint density at radius 3 is 2.38 bits per heavy atom. The SMILES string of the molecule is CC(C)C1(Oc2ccc(Cl)cc2)Cc2ccccc2C1=O. The van der Waals surface area contributed by atoms with Crippen LogP contribution in [0.2, 0.25) is 5.02 Å². The molecule has 0 heterocycles. The largest absolute Gasteiger partial charge is 0.478 e. The first-order valence-corrected chi connectivity index (χ1v) is 7.48. The molecule has 1 aliphatic carbocycles. The van der Waals surface area contributed by atoms with Gasteiger partial charge in [0.2, 0.25) is 5.78 Å². The third kappa shape index (κ3) is 2.34. The van der Waals surface area contributed by atoms with E-state index >= 15 is 0 Å². The van der Waals surface area contributed by atoms with Crippen molar-refractivity contribution >= 4 is 17.4 Å². The molecule has 0 spiro atoms. The summed E-state index contributed by atoms with van der Waals surface area (Å²) < 4.78 is 6.17. The number of halogens is 1. The van der Waals surface area contributed by atoms with E-state index in [1.165, 1.54) is 0 Å². The third-order valence-corrected chi connectivity index (χ3v) is 4.40. The lowest BCUT2D eigenvalue weighted by atomic mass is 9.86. The van der Waals surface area contributed by atoms with Gasteiger partial charge in [0, 0.05) is 22.9 Å². The Labute approximate surface area is 129 Å². The average Bonchev–Trinajstić information content (AvgIpc) is 2.76. The zero-order valence-corrected chi connectivity index (χ0v) is 12.9. The maximum atomic E-state index is 12.9. The molecule has 0 amide bonds. The summed E-state index contributed by atoms with van der Waals surface area (Å²) in [6.45, 7) is 4.05. The molecule has 0 saturated heterocycles. The Kier molecular flexibility index (Phi) is 3.50. The molecule has 0 N–H and O–H groups in total. The van der Waals surface area contributed by atoms with E-state index in [1.54, 1.807) is 12.1 Å². The molecule has 0 fully saturated rings. The van der Waals surface area contributed by atoms with Crippen molar-refractivity contribution in [2.75, 3.05) is 0 Å². The Hall–Kier alpha value is -1.80. The highest BCUT2D eigenvalue weighted by Gasteiger charge is 2.50. The van der Waals surface area contributed by atoms with E-state index in [9.17, 15) is 4.79 Å². The van der Waals surface area contributed by atoms with Crippen molar-refractivity contribution < 1.29 is 9.53 Å². The second-order valence-electron chi connectivity index (χ2n) is 5.76. The molecule has 1 unspecified atom stereocenters. The maximum absolute atomic E-state index is 12.9. The molecule has 1 aliphatic rings. The van der Waals surface area contributed by atoms with E-state index < -0.39 is 5.60 Å². The minimum absolute atomic E-state index is 0.0723. The molecule has 21 heavy (non-hydrogen) atoms. The lowest BCUT2D eigenvalue weighted by molar-refractivity contribution is 0.0280. The zero-order chi connectivity index (χ0) is 15.0. The Morgan fingerprint density at radius 2 is 1.76 bits per heavy atom. The Morgan fingerprint density at radius 1 is 1.10 bits per heavy atom. The van der Waals surface area contributed by atoms with Crippen LogP contribution in [0.4, 0.5) is 0 Å². The minimum atomic E-state index is -0.822. The van der Waals surface area contributed by atoms with Gasteiger partial charge in [0.15, 0.2) is 5.60 Å². The van der Waals surface area contributed by atoms with E-state index in [2.05, 4.69) is 0 Å². The number of Topliss-reactive ketones (excluding diaryl/α,β-unsaturated/α-hetero) is 1. The van der Waals surface area contributed by atoms with Crippen molar-refractivity contribution in [2.45, 2.75) is 25.9 Å². The van der Waals surface area contributed by atoms with Crippen molar-refractivity contribution in [2.24, 2.45) is 5.92 Å². The van der Waals surface area contributed by atoms with E-state index in [-0.39, 0.29) is 11.7 Å². The van der Waals surface area contributed by atoms with Gasteiger partial charge in [-0.2, -0.15) is 0 Å². The molecule has 0 aliphatic heterocycles. The number of benzene rings is 2. The van der Waals surface area contributed by atoms with Gasteiger partial charge in [-0.1, -0.05) is 49.7 Å². The predicted octanol–water partition coefficient (Wildman–Crippen LogP) is 4.55. The van der Waals surface area contributed by atoms with E-state index in [1.807, 2.05) is 50.2 Å². The summed E-state index contributed by atoms with van der Waals surface area (Å²) in [5, 5.41) is 0.655. The smallest absolute Gasteiger partial charge is 0.207 e. The van der Waals surface area contributed by atoms with Gasteiger partial charge in [0.05, 0.1) is 0 Å². The Balaban J connectivity index is 1.99. The van der Waals surface area contributed by atoms with Crippen LogP contribution in [0, 0.1) is 5.92 Å². The van der Waals surface area contributed by atoms with Gasteiger partial charge in [-0.3, -0.25) is 4.79 Å². The van der Waals surface area contributed by atoms with Gasteiger partial charge in [-0.05, 0) is 29.8 Å². The van der Waals surface area contributed by atoms with Crippen molar-refractivity contribution in [3.05, 3.63) is 64.7 Å². The highest BCUT2D eigenvalue weighted by molar-refractivity contribution is 6.30. The second-order valence-corrected chi connectivity index (χ2v) is 6.20. The zero-order valence-electron chi connectivity index (χ0n) is 12.1. The summed E-state index contributed by atoms with van der Waals surface area (Å²) in [5.41, 5.74) is 1.02. The van der Waals surface area contributed by atoms with Crippen LogP contribution >= 0.6 is 11.6 Å². The first kappa shape index (κ1) is 14.2. The monoisotopic (exact) mass is 300 g/mol. The molecule has 2 aromatic carbocycles. The molecular formula is C18H17ClO2. The van der Waals surface area contributed by atoms with Gasteiger partial charge in [-0.25, -0.2) is 0 Å². The summed E-state index contributed by atoms with van der Waals surface area (Å²) in [4.78, 5) is 12.9. The summed E-state index contributed by atoms with van der Waals surface area (Å²) in [5.74, 6) is 0.824. The van der Waals surface area contributed by atoms with Crippen LogP contribution < -0.4 is 4.74 Å². The van der Waals surface area contributed by atoms with Crippen LogP contribution in [0.1, 0.15) is 29.8 Å². The topological polar surface area (TPSA) is 26.3 Å². The summed E-state index contributed by atoms with van der Waals surface area (Å²) in [6.07, 6.45) is 0.613. The lowest BCUT2D eigenvalue weighted by Gasteiger charge is -2.32. The average molecular weight is 301 g/mol. The standard InChI is InChI=1S/C18H17ClO2/c1-12(2)18(21-15-9-7-14(19)8-10-15)11-13-5-3-4-6-16(13)17(18)20/h3-10,12H,11H2,1-2H3. The Bertz CT molecular complexity index is 676. The molecule has 1 atom stereocenters. The number of carbonyl (C=O) groups is 1. The fourth-order valence-electron chi connectivity index (χ4n) is 2.87. The maximum Gasteiger partial charge on any atom is 0.207 e. The fraction of sp³-hybridized carbons (Fsp3) is 0.278. The molecule has 2 nitrogen and oxygen atoms in total. The van der Waals surface area contributed by atoms with Crippen molar-refractivity contribution in [3.63, 3.8) is 0 Å². The van der Waals surface area contributed by atoms with Gasteiger partial charge in [0.1, 0.15) is 5.75 Å². The molecule has 0 radical (unpaired) electrons. The van der Waals surface area contributed by atoms with Crippen LogP contribution in [0.25, 0.3) is 0 Å². The van der Waals surface area contributed by atoms with Gasteiger partial charge < -0.3 is 4.74 Å². The number of rotatable bonds is 3. The first-order valence-electron chi connectivity index (χ1n) is 7.10. The van der Waals surface area contributed by atoms with Crippen molar-refractivity contribution in [3.8, 4) is 5.75 Å².